The largest absolute Gasteiger partial charge is 0.466 e. The quantitative estimate of drug-likeness (QED) is 0.653. The van der Waals surface area contributed by atoms with Crippen LogP contribution >= 0.6 is 11.6 Å². The van der Waals surface area contributed by atoms with E-state index < -0.39 is 17.3 Å². The molecule has 1 saturated heterocycles. The molecule has 0 aliphatic carbocycles. The van der Waals surface area contributed by atoms with Gasteiger partial charge in [0.05, 0.1) is 6.20 Å². The number of hydrogen-bond acceptors (Lipinski definition) is 5. The number of amides is 2. The third-order valence-corrected chi connectivity index (χ3v) is 4.01. The van der Waals surface area contributed by atoms with Crippen LogP contribution in [0.2, 0.25) is 0 Å². The average Bonchev–Trinajstić information content (AvgIpc) is 2.61. The highest BCUT2D eigenvalue weighted by Gasteiger charge is 2.48. The Morgan fingerprint density at radius 1 is 1.33 bits per heavy atom. The lowest BCUT2D eigenvalue weighted by Gasteiger charge is -2.43. The molecule has 1 aromatic heterocycles. The zero-order chi connectivity index (χ0) is 17.1. The molecule has 2 unspecified atom stereocenters. The Labute approximate surface area is 143 Å². The summed E-state index contributed by atoms with van der Waals surface area (Å²) >= 11 is 6.10. The second kappa shape index (κ2) is 6.84. The third kappa shape index (κ3) is 3.30. The Kier molecular flexibility index (Phi) is 4.61. The molecule has 1 aliphatic heterocycles. The van der Waals surface area contributed by atoms with Crippen LogP contribution in [-0.4, -0.2) is 38.8 Å². The van der Waals surface area contributed by atoms with Crippen molar-refractivity contribution >= 4 is 23.4 Å². The number of aromatic nitrogens is 2. The van der Waals surface area contributed by atoms with E-state index in [1.54, 1.807) is 0 Å². The van der Waals surface area contributed by atoms with Crippen molar-refractivity contribution in [2.75, 3.05) is 6.61 Å². The van der Waals surface area contributed by atoms with Gasteiger partial charge in [-0.15, -0.1) is 11.6 Å². The molecule has 2 atom stereocenters. The minimum atomic E-state index is -0.700. The number of rotatable bonds is 5. The number of carbonyl (C=O) groups is 2. The summed E-state index contributed by atoms with van der Waals surface area (Å²) in [6.45, 7) is 1.69. The Morgan fingerprint density at radius 2 is 2.08 bits per heavy atom. The molecule has 0 saturated carbocycles. The highest BCUT2D eigenvalue weighted by atomic mass is 35.5. The molecule has 8 heteroatoms. The molecule has 1 aromatic carbocycles. The summed E-state index contributed by atoms with van der Waals surface area (Å²) in [5, 5.41) is 0.527. The van der Waals surface area contributed by atoms with Gasteiger partial charge < -0.3 is 4.74 Å². The molecule has 2 heterocycles. The molecule has 1 N–H and O–H groups in total. The van der Waals surface area contributed by atoms with E-state index in [2.05, 4.69) is 15.4 Å². The van der Waals surface area contributed by atoms with E-state index in [1.165, 1.54) is 23.6 Å². The van der Waals surface area contributed by atoms with Gasteiger partial charge >= 0.3 is 0 Å². The summed E-state index contributed by atoms with van der Waals surface area (Å²) < 4.78 is 5.20. The van der Waals surface area contributed by atoms with Crippen molar-refractivity contribution in [3.05, 3.63) is 54.0 Å². The van der Waals surface area contributed by atoms with Gasteiger partial charge in [0.25, 0.3) is 11.8 Å². The van der Waals surface area contributed by atoms with Crippen molar-refractivity contribution < 1.29 is 14.3 Å². The number of nitrogens with one attached hydrogen (secondary N) is 1. The van der Waals surface area contributed by atoms with Gasteiger partial charge in [-0.1, -0.05) is 29.8 Å². The maximum absolute atomic E-state index is 12.0. The molecule has 0 radical (unpaired) electrons. The van der Waals surface area contributed by atoms with Crippen LogP contribution in [0.5, 0.6) is 5.88 Å². The van der Waals surface area contributed by atoms with Crippen LogP contribution in [0.25, 0.3) is 0 Å². The highest BCUT2D eigenvalue weighted by Crippen LogP contribution is 2.36. The molecule has 1 aliphatic rings. The first-order chi connectivity index (χ1) is 11.6. The summed E-state index contributed by atoms with van der Waals surface area (Å²) in [5.41, 5.74) is 4.47. The number of nitrogens with zero attached hydrogens (tertiary/aromatic N) is 3. The number of benzene rings is 1. The number of halogens is 1. The number of ether oxygens (including phenoxy) is 1. The van der Waals surface area contributed by atoms with E-state index in [1.807, 2.05) is 31.2 Å². The van der Waals surface area contributed by atoms with Crippen molar-refractivity contribution in [3.8, 4) is 5.88 Å². The molecule has 124 valence electrons. The first-order valence-corrected chi connectivity index (χ1v) is 7.72. The predicted molar refractivity (Wildman–Crippen MR) is 86.1 cm³/mol. The fraction of sp³-hybridized carbons (Fsp3) is 0.250. The molecule has 0 spiro atoms. The first-order valence-electron chi connectivity index (χ1n) is 7.28. The topological polar surface area (TPSA) is 84.4 Å². The number of hydrazine groups is 1. The second-order valence-corrected chi connectivity index (χ2v) is 5.80. The van der Waals surface area contributed by atoms with E-state index in [-0.39, 0.29) is 18.4 Å². The lowest BCUT2D eigenvalue weighted by Crippen LogP contribution is -2.63. The fourth-order valence-corrected chi connectivity index (χ4v) is 2.69. The molecule has 1 fully saturated rings. The maximum Gasteiger partial charge on any atom is 0.276 e. The summed E-state index contributed by atoms with van der Waals surface area (Å²) in [6.07, 6.45) is 4.35. The standard InChI is InChI=1S/C16H15ClN4O3/c1-10-2-4-11(5-3-10)15-14(17)16(23)21(15)20-12(22)9-24-13-8-18-6-7-19-13/h2-8,14-15H,9H2,1H3,(H,20,22). The molecule has 0 bridgehead atoms. The molecule has 3 rings (SSSR count). The van der Waals surface area contributed by atoms with E-state index >= 15 is 0 Å². The van der Waals surface area contributed by atoms with Crippen LogP contribution < -0.4 is 10.2 Å². The van der Waals surface area contributed by atoms with E-state index in [4.69, 9.17) is 16.3 Å². The van der Waals surface area contributed by atoms with Crippen LogP contribution in [0.15, 0.2) is 42.9 Å². The van der Waals surface area contributed by atoms with Crippen molar-refractivity contribution in [3.63, 3.8) is 0 Å². The fourth-order valence-electron chi connectivity index (χ4n) is 2.33. The minimum absolute atomic E-state index is 0.230. The van der Waals surface area contributed by atoms with Crippen molar-refractivity contribution in [1.82, 2.24) is 20.4 Å². The van der Waals surface area contributed by atoms with Crippen molar-refractivity contribution in [1.29, 1.82) is 0 Å². The number of hydrogen-bond donors (Lipinski definition) is 1. The summed E-state index contributed by atoms with van der Waals surface area (Å²) in [6, 6.07) is 7.23. The van der Waals surface area contributed by atoms with Crippen molar-refractivity contribution in [2.45, 2.75) is 18.3 Å². The van der Waals surface area contributed by atoms with Gasteiger partial charge in [0, 0.05) is 12.4 Å². The van der Waals surface area contributed by atoms with Crippen molar-refractivity contribution in [2.24, 2.45) is 0 Å². The Morgan fingerprint density at radius 3 is 2.75 bits per heavy atom. The van der Waals surface area contributed by atoms with Crippen LogP contribution in [0.4, 0.5) is 0 Å². The van der Waals surface area contributed by atoms with Gasteiger partial charge in [-0.25, -0.2) is 9.99 Å². The van der Waals surface area contributed by atoms with E-state index in [0.29, 0.717) is 0 Å². The van der Waals surface area contributed by atoms with E-state index in [9.17, 15) is 9.59 Å². The van der Waals surface area contributed by atoms with Gasteiger partial charge in [0.1, 0.15) is 11.4 Å². The van der Waals surface area contributed by atoms with Crippen LogP contribution in [0.1, 0.15) is 17.2 Å². The van der Waals surface area contributed by atoms with Gasteiger partial charge in [-0.3, -0.25) is 20.0 Å². The molecule has 2 amide bonds. The highest BCUT2D eigenvalue weighted by molar-refractivity contribution is 6.33. The summed E-state index contributed by atoms with van der Waals surface area (Å²) in [7, 11) is 0. The van der Waals surface area contributed by atoms with Crippen LogP contribution in [0.3, 0.4) is 0 Å². The monoisotopic (exact) mass is 346 g/mol. The summed E-state index contributed by atoms with van der Waals surface area (Å²) in [4.78, 5) is 31.6. The van der Waals surface area contributed by atoms with Gasteiger partial charge in [0.15, 0.2) is 6.61 Å². The van der Waals surface area contributed by atoms with Gasteiger partial charge in [-0.05, 0) is 12.5 Å². The lowest BCUT2D eigenvalue weighted by molar-refractivity contribution is -0.157. The van der Waals surface area contributed by atoms with Crippen LogP contribution in [-0.2, 0) is 9.59 Å². The molecular weight excluding hydrogens is 332 g/mol. The number of alkyl halides is 1. The third-order valence-electron chi connectivity index (χ3n) is 3.58. The maximum atomic E-state index is 12.0. The first kappa shape index (κ1) is 16.2. The minimum Gasteiger partial charge on any atom is -0.466 e. The molecule has 2 aromatic rings. The molecule has 24 heavy (non-hydrogen) atoms. The Bertz CT molecular complexity index is 739. The predicted octanol–water partition coefficient (Wildman–Crippen LogP) is 1.39. The van der Waals surface area contributed by atoms with Gasteiger partial charge in [-0.2, -0.15) is 0 Å². The number of aryl methyl sites for hydroxylation is 1. The number of β-lactam (4-membered cyclic amide) rings is 1. The average molecular weight is 347 g/mol. The van der Waals surface area contributed by atoms with Gasteiger partial charge in [0.2, 0.25) is 5.88 Å². The number of carbonyl (C=O) groups excluding carboxylic acids is 2. The second-order valence-electron chi connectivity index (χ2n) is 5.33. The summed E-state index contributed by atoms with van der Waals surface area (Å²) in [5.74, 6) is -0.599. The SMILES string of the molecule is Cc1ccc(C2C(Cl)C(=O)N2NC(=O)COc2cnccn2)cc1. The van der Waals surface area contributed by atoms with E-state index in [0.717, 1.165) is 11.1 Å². The zero-order valence-electron chi connectivity index (χ0n) is 12.8. The Balaban J connectivity index is 1.61. The smallest absolute Gasteiger partial charge is 0.276 e. The molecular formula is C16H15ClN4O3. The zero-order valence-corrected chi connectivity index (χ0v) is 13.6. The lowest BCUT2D eigenvalue weighted by atomic mass is 9.95. The molecule has 7 nitrogen and oxygen atoms in total. The Hall–Kier alpha value is -2.67. The van der Waals surface area contributed by atoms with Crippen LogP contribution in [0, 0.1) is 6.92 Å². The normalized spacial score (nSPS) is 19.6.